The van der Waals surface area contributed by atoms with Crippen LogP contribution in [0.5, 0.6) is 0 Å². The number of alkyl carbamates (subject to hydrolysis) is 1. The monoisotopic (exact) mass is 415 g/mol. The van der Waals surface area contributed by atoms with Crippen LogP contribution in [0, 0.1) is 6.92 Å². The molecule has 8 heteroatoms. The molecule has 0 aromatic heterocycles. The highest BCUT2D eigenvalue weighted by Crippen LogP contribution is 2.35. The maximum atomic E-state index is 15.0. The van der Waals surface area contributed by atoms with Crippen LogP contribution in [0.25, 0.3) is 0 Å². The van der Waals surface area contributed by atoms with Gasteiger partial charge in [-0.1, -0.05) is 17.7 Å². The van der Waals surface area contributed by atoms with E-state index in [9.17, 15) is 17.6 Å². The fourth-order valence-corrected chi connectivity index (χ4v) is 4.02. The van der Waals surface area contributed by atoms with E-state index in [4.69, 9.17) is 8.92 Å². The van der Waals surface area contributed by atoms with E-state index >= 15 is 0 Å². The van der Waals surface area contributed by atoms with Crippen LogP contribution in [0.15, 0.2) is 29.2 Å². The Bertz CT molecular complexity index is 763. The second-order valence-corrected chi connectivity index (χ2v) is 10.0. The summed E-state index contributed by atoms with van der Waals surface area (Å²) >= 11 is 0. The van der Waals surface area contributed by atoms with E-state index in [-0.39, 0.29) is 36.8 Å². The highest BCUT2D eigenvalue weighted by atomic mass is 32.2. The lowest BCUT2D eigenvalue weighted by Gasteiger charge is -2.34. The third-order valence-electron chi connectivity index (χ3n) is 4.70. The number of benzene rings is 1. The molecule has 0 saturated heterocycles. The minimum absolute atomic E-state index is 0.00273. The van der Waals surface area contributed by atoms with E-state index in [1.165, 1.54) is 12.1 Å². The molecule has 1 aromatic rings. The second-order valence-electron chi connectivity index (χ2n) is 8.41. The summed E-state index contributed by atoms with van der Waals surface area (Å²) < 4.78 is 49.5. The van der Waals surface area contributed by atoms with Gasteiger partial charge in [-0.15, -0.1) is 0 Å². The van der Waals surface area contributed by atoms with Gasteiger partial charge >= 0.3 is 6.09 Å². The number of rotatable bonds is 6. The van der Waals surface area contributed by atoms with Gasteiger partial charge in [-0.05, 0) is 65.5 Å². The van der Waals surface area contributed by atoms with E-state index < -0.39 is 27.5 Å². The van der Waals surface area contributed by atoms with Crippen molar-refractivity contribution in [2.24, 2.45) is 0 Å². The fraction of sp³-hybridized carbons (Fsp3) is 0.650. The van der Waals surface area contributed by atoms with Crippen LogP contribution < -0.4 is 5.32 Å². The molecule has 0 unspecified atom stereocenters. The zero-order valence-corrected chi connectivity index (χ0v) is 17.8. The molecule has 0 radical (unpaired) electrons. The molecule has 1 fully saturated rings. The molecule has 0 bridgehead atoms. The van der Waals surface area contributed by atoms with Gasteiger partial charge in [-0.25, -0.2) is 9.18 Å². The van der Waals surface area contributed by atoms with Crippen molar-refractivity contribution in [2.75, 3.05) is 6.61 Å². The number of carbonyl (C=O) groups is 1. The molecule has 0 heterocycles. The van der Waals surface area contributed by atoms with Crippen LogP contribution in [-0.2, 0) is 19.0 Å². The number of carbonyl (C=O) groups excluding carboxylic acids is 1. The molecule has 1 amide bonds. The lowest BCUT2D eigenvalue weighted by Crippen LogP contribution is -2.44. The van der Waals surface area contributed by atoms with Crippen LogP contribution in [-0.4, -0.2) is 38.4 Å². The Morgan fingerprint density at radius 1 is 1.21 bits per heavy atom. The van der Waals surface area contributed by atoms with Crippen LogP contribution in [0.4, 0.5) is 9.18 Å². The minimum atomic E-state index is -3.89. The Morgan fingerprint density at radius 2 is 1.79 bits per heavy atom. The lowest BCUT2D eigenvalue weighted by molar-refractivity contribution is 0.0394. The maximum absolute atomic E-state index is 15.0. The van der Waals surface area contributed by atoms with Crippen LogP contribution in [0.2, 0.25) is 0 Å². The summed E-state index contributed by atoms with van der Waals surface area (Å²) in [7, 11) is -3.89. The van der Waals surface area contributed by atoms with Crippen molar-refractivity contribution in [3.8, 4) is 0 Å². The van der Waals surface area contributed by atoms with Crippen molar-refractivity contribution < 1.29 is 26.5 Å². The molecule has 1 aliphatic rings. The summed E-state index contributed by atoms with van der Waals surface area (Å²) in [5, 5.41) is 2.76. The standard InChI is InChI=1S/C20H30FNO5S/c1-15-5-7-17(8-6-15)28(24,25)26-14-13-20(21)11-9-16(10-12-20)22-18(23)27-19(2,3)4/h5-8,16H,9-14H2,1-4H3,(H,22,23)/t16-,20+. The van der Waals surface area contributed by atoms with Crippen molar-refractivity contribution in [1.82, 2.24) is 5.32 Å². The average Bonchev–Trinajstić information content (AvgIpc) is 2.56. The number of hydrogen-bond donors (Lipinski definition) is 1. The molecule has 28 heavy (non-hydrogen) atoms. The average molecular weight is 416 g/mol. The van der Waals surface area contributed by atoms with Crippen molar-refractivity contribution in [2.45, 2.75) is 82.0 Å². The third kappa shape index (κ3) is 7.05. The molecule has 2 rings (SSSR count). The molecule has 1 saturated carbocycles. The zero-order valence-electron chi connectivity index (χ0n) is 17.0. The van der Waals surface area contributed by atoms with Crippen molar-refractivity contribution in [3.63, 3.8) is 0 Å². The van der Waals surface area contributed by atoms with Gasteiger partial charge in [0.1, 0.15) is 11.3 Å². The summed E-state index contributed by atoms with van der Waals surface area (Å²) in [5.74, 6) is 0. The molecule has 1 N–H and O–H groups in total. The van der Waals surface area contributed by atoms with Crippen molar-refractivity contribution >= 4 is 16.2 Å². The third-order valence-corrected chi connectivity index (χ3v) is 6.03. The zero-order chi connectivity index (χ0) is 21.0. The van der Waals surface area contributed by atoms with Gasteiger partial charge in [-0.3, -0.25) is 4.18 Å². The molecule has 0 spiro atoms. The van der Waals surface area contributed by atoms with E-state index in [0.717, 1.165) is 5.56 Å². The van der Waals surface area contributed by atoms with E-state index in [2.05, 4.69) is 5.32 Å². The molecule has 158 valence electrons. The van der Waals surface area contributed by atoms with Gasteiger partial charge in [-0.2, -0.15) is 8.42 Å². The summed E-state index contributed by atoms with van der Waals surface area (Å²) in [6.07, 6.45) is 0.914. The van der Waals surface area contributed by atoms with Crippen molar-refractivity contribution in [3.05, 3.63) is 29.8 Å². The summed E-state index contributed by atoms with van der Waals surface area (Å²) in [4.78, 5) is 11.9. The Kier molecular flexibility index (Phi) is 7.09. The van der Waals surface area contributed by atoms with E-state index in [1.54, 1.807) is 32.9 Å². The van der Waals surface area contributed by atoms with Gasteiger partial charge in [0.15, 0.2) is 0 Å². The normalized spacial score (nSPS) is 23.2. The first-order chi connectivity index (χ1) is 12.9. The Morgan fingerprint density at radius 3 is 2.32 bits per heavy atom. The molecule has 6 nitrogen and oxygen atoms in total. The van der Waals surface area contributed by atoms with Gasteiger partial charge in [0.2, 0.25) is 0 Å². The Labute approximate surface area is 166 Å². The SMILES string of the molecule is Cc1ccc(S(=O)(=O)OCC[C@]2(F)CC[C@@H](NC(=O)OC(C)(C)C)CC2)cc1. The Hall–Kier alpha value is -1.67. The number of aryl methyl sites for hydroxylation is 1. The van der Waals surface area contributed by atoms with Gasteiger partial charge < -0.3 is 10.1 Å². The predicted molar refractivity (Wildman–Crippen MR) is 104 cm³/mol. The first kappa shape index (κ1) is 22.6. The number of alkyl halides is 1. The minimum Gasteiger partial charge on any atom is -0.444 e. The molecule has 0 aliphatic heterocycles. The summed E-state index contributed by atoms with van der Waals surface area (Å²) in [5.41, 5.74) is -1.13. The highest BCUT2D eigenvalue weighted by Gasteiger charge is 2.36. The number of halogens is 1. The van der Waals surface area contributed by atoms with Crippen LogP contribution in [0.1, 0.15) is 58.4 Å². The van der Waals surface area contributed by atoms with E-state index in [0.29, 0.717) is 12.8 Å². The van der Waals surface area contributed by atoms with Crippen LogP contribution in [0.3, 0.4) is 0 Å². The molecular formula is C20H30FNO5S. The highest BCUT2D eigenvalue weighted by molar-refractivity contribution is 7.86. The van der Waals surface area contributed by atoms with Crippen molar-refractivity contribution in [1.29, 1.82) is 0 Å². The Balaban J connectivity index is 1.78. The number of amides is 1. The lowest BCUT2D eigenvalue weighted by atomic mass is 9.82. The second kappa shape index (κ2) is 8.78. The maximum Gasteiger partial charge on any atom is 0.407 e. The molecule has 1 aliphatic carbocycles. The largest absolute Gasteiger partial charge is 0.444 e. The molecular weight excluding hydrogens is 385 g/mol. The predicted octanol–water partition coefficient (Wildman–Crippen LogP) is 4.27. The number of hydrogen-bond acceptors (Lipinski definition) is 5. The molecule has 0 atom stereocenters. The summed E-state index contributed by atoms with van der Waals surface area (Å²) in [6, 6.07) is 6.18. The summed E-state index contributed by atoms with van der Waals surface area (Å²) in [6.45, 7) is 7.00. The fourth-order valence-electron chi connectivity index (χ4n) is 3.11. The number of ether oxygens (including phenoxy) is 1. The van der Waals surface area contributed by atoms with E-state index in [1.807, 2.05) is 6.92 Å². The smallest absolute Gasteiger partial charge is 0.407 e. The molecule has 1 aromatic carbocycles. The number of nitrogens with one attached hydrogen (secondary N) is 1. The first-order valence-corrected chi connectivity index (χ1v) is 10.9. The topological polar surface area (TPSA) is 81.7 Å². The van der Waals surface area contributed by atoms with Crippen LogP contribution >= 0.6 is 0 Å². The first-order valence-electron chi connectivity index (χ1n) is 9.53. The van der Waals surface area contributed by atoms with Gasteiger partial charge in [0, 0.05) is 12.5 Å². The quantitative estimate of drug-likeness (QED) is 0.702. The van der Waals surface area contributed by atoms with Gasteiger partial charge in [0.25, 0.3) is 10.1 Å². The van der Waals surface area contributed by atoms with Gasteiger partial charge in [0.05, 0.1) is 11.5 Å².